The number of rotatable bonds is 4. The third kappa shape index (κ3) is 3.90. The third-order valence-electron chi connectivity index (χ3n) is 5.10. The summed E-state index contributed by atoms with van der Waals surface area (Å²) in [5, 5.41) is 0.460. The molecular weight excluding hydrogens is 452 g/mol. The Bertz CT molecular complexity index is 1180. The van der Waals surface area contributed by atoms with Gasteiger partial charge in [-0.3, -0.25) is 0 Å². The first-order chi connectivity index (χ1) is 14.2. The van der Waals surface area contributed by atoms with Crippen molar-refractivity contribution in [3.05, 3.63) is 47.0 Å². The van der Waals surface area contributed by atoms with Crippen LogP contribution in [-0.2, 0) is 20.0 Å². The van der Waals surface area contributed by atoms with Gasteiger partial charge < -0.3 is 9.47 Å². The van der Waals surface area contributed by atoms with E-state index >= 15 is 0 Å². The molecule has 162 valence electrons. The average Bonchev–Trinajstić information content (AvgIpc) is 2.73. The van der Waals surface area contributed by atoms with Crippen molar-refractivity contribution in [1.82, 2.24) is 8.61 Å². The van der Waals surface area contributed by atoms with E-state index in [-0.39, 0.29) is 36.0 Å². The van der Waals surface area contributed by atoms with Crippen LogP contribution in [0.4, 0.5) is 0 Å². The molecule has 8 nitrogen and oxygen atoms in total. The number of sulfonamides is 2. The summed E-state index contributed by atoms with van der Waals surface area (Å²) in [5.41, 5.74) is 0.550. The summed E-state index contributed by atoms with van der Waals surface area (Å²) >= 11 is 5.93. The highest BCUT2D eigenvalue weighted by atomic mass is 35.5. The van der Waals surface area contributed by atoms with Crippen LogP contribution >= 0.6 is 11.6 Å². The molecule has 2 aliphatic heterocycles. The Balaban J connectivity index is 1.51. The van der Waals surface area contributed by atoms with Crippen LogP contribution in [0, 0.1) is 6.92 Å². The zero-order chi connectivity index (χ0) is 21.5. The monoisotopic (exact) mass is 472 g/mol. The van der Waals surface area contributed by atoms with E-state index in [2.05, 4.69) is 0 Å². The maximum atomic E-state index is 13.0. The summed E-state index contributed by atoms with van der Waals surface area (Å²) in [6.45, 7) is 2.70. The number of nitrogens with zero attached hydrogens (tertiary/aromatic N) is 2. The van der Waals surface area contributed by atoms with E-state index in [1.165, 1.54) is 32.9 Å². The van der Waals surface area contributed by atoms with Crippen LogP contribution in [0.3, 0.4) is 0 Å². The van der Waals surface area contributed by atoms with Crippen molar-refractivity contribution < 1.29 is 26.3 Å². The van der Waals surface area contributed by atoms with E-state index in [0.717, 1.165) is 0 Å². The summed E-state index contributed by atoms with van der Waals surface area (Å²) in [4.78, 5) is 0.270. The zero-order valence-electron chi connectivity index (χ0n) is 16.2. The summed E-state index contributed by atoms with van der Waals surface area (Å²) < 4.78 is 65.6. The maximum Gasteiger partial charge on any atom is 0.243 e. The molecule has 1 saturated heterocycles. The lowest BCUT2D eigenvalue weighted by atomic mass is 10.2. The van der Waals surface area contributed by atoms with E-state index in [1.807, 2.05) is 0 Å². The smallest absolute Gasteiger partial charge is 0.243 e. The Morgan fingerprint density at radius 1 is 0.800 bits per heavy atom. The van der Waals surface area contributed by atoms with Crippen LogP contribution < -0.4 is 9.47 Å². The highest BCUT2D eigenvalue weighted by Gasteiger charge is 2.34. The molecule has 0 unspecified atom stereocenters. The van der Waals surface area contributed by atoms with Gasteiger partial charge in [0.1, 0.15) is 13.2 Å². The molecule has 11 heteroatoms. The van der Waals surface area contributed by atoms with Gasteiger partial charge in [0, 0.05) is 37.3 Å². The molecule has 0 amide bonds. The molecule has 2 aliphatic rings. The van der Waals surface area contributed by atoms with Gasteiger partial charge in [-0.2, -0.15) is 8.61 Å². The second-order valence-electron chi connectivity index (χ2n) is 7.02. The molecule has 0 radical (unpaired) electrons. The Kier molecular flexibility index (Phi) is 5.71. The number of benzene rings is 2. The van der Waals surface area contributed by atoms with Gasteiger partial charge in [-0.1, -0.05) is 11.6 Å². The number of halogens is 1. The molecule has 0 spiro atoms. The minimum atomic E-state index is -3.78. The van der Waals surface area contributed by atoms with Gasteiger partial charge in [0.15, 0.2) is 11.5 Å². The van der Waals surface area contributed by atoms with Crippen molar-refractivity contribution in [1.29, 1.82) is 0 Å². The molecule has 0 atom stereocenters. The predicted molar refractivity (Wildman–Crippen MR) is 111 cm³/mol. The van der Waals surface area contributed by atoms with Crippen LogP contribution in [0.2, 0.25) is 5.02 Å². The van der Waals surface area contributed by atoms with Gasteiger partial charge >= 0.3 is 0 Å². The maximum absolute atomic E-state index is 13.0. The van der Waals surface area contributed by atoms with Gasteiger partial charge in [-0.05, 0) is 42.8 Å². The van der Waals surface area contributed by atoms with Crippen LogP contribution in [-0.4, -0.2) is 64.8 Å². The lowest BCUT2D eigenvalue weighted by Gasteiger charge is -2.33. The first-order valence-electron chi connectivity index (χ1n) is 9.36. The van der Waals surface area contributed by atoms with E-state index in [4.69, 9.17) is 21.1 Å². The van der Waals surface area contributed by atoms with Gasteiger partial charge in [0.2, 0.25) is 20.0 Å². The number of hydrogen-bond acceptors (Lipinski definition) is 6. The number of fused-ring (bicyclic) bond motifs is 1. The minimum absolute atomic E-state index is 0.0582. The topological polar surface area (TPSA) is 93.2 Å². The van der Waals surface area contributed by atoms with E-state index in [9.17, 15) is 16.8 Å². The Morgan fingerprint density at radius 3 is 2.03 bits per heavy atom. The second kappa shape index (κ2) is 8.01. The van der Waals surface area contributed by atoms with Gasteiger partial charge in [0.25, 0.3) is 0 Å². The van der Waals surface area contributed by atoms with Crippen LogP contribution in [0.5, 0.6) is 11.5 Å². The number of hydrogen-bond donors (Lipinski definition) is 0. The SMILES string of the molecule is Cc1cc(Cl)ccc1S(=O)(=O)N1CCN(S(=O)(=O)c2ccc3c(c2)OCCO3)CC1. The van der Waals surface area contributed by atoms with E-state index < -0.39 is 20.0 Å². The molecule has 1 fully saturated rings. The Morgan fingerprint density at radius 2 is 1.40 bits per heavy atom. The summed E-state index contributed by atoms with van der Waals surface area (Å²) in [5.74, 6) is 0.899. The first-order valence-corrected chi connectivity index (χ1v) is 12.6. The standard InChI is InChI=1S/C19H21ClN2O6S2/c1-14-12-15(20)2-5-19(14)30(25,26)22-8-6-21(7-9-22)29(23,24)16-3-4-17-18(13-16)28-11-10-27-17/h2-5,12-13H,6-11H2,1H3. The van der Waals surface area contributed by atoms with E-state index in [0.29, 0.717) is 35.3 Å². The van der Waals surface area contributed by atoms with Crippen molar-refractivity contribution in [2.75, 3.05) is 39.4 Å². The number of piperazine rings is 1. The van der Waals surface area contributed by atoms with Crippen molar-refractivity contribution in [3.63, 3.8) is 0 Å². The third-order valence-corrected chi connectivity index (χ3v) is 9.29. The lowest BCUT2D eigenvalue weighted by molar-refractivity contribution is 0.171. The number of ether oxygens (including phenoxy) is 2. The molecule has 2 heterocycles. The van der Waals surface area contributed by atoms with E-state index in [1.54, 1.807) is 19.1 Å². The largest absolute Gasteiger partial charge is 0.486 e. The summed E-state index contributed by atoms with van der Waals surface area (Å²) in [6, 6.07) is 9.10. The molecule has 0 aliphatic carbocycles. The molecule has 4 rings (SSSR count). The van der Waals surface area contributed by atoms with Crippen LogP contribution in [0.15, 0.2) is 46.2 Å². The fraction of sp³-hybridized carbons (Fsp3) is 0.368. The molecule has 2 aromatic rings. The fourth-order valence-electron chi connectivity index (χ4n) is 3.53. The minimum Gasteiger partial charge on any atom is -0.486 e. The molecule has 2 aromatic carbocycles. The molecule has 0 N–H and O–H groups in total. The van der Waals surface area contributed by atoms with Crippen molar-refractivity contribution in [3.8, 4) is 11.5 Å². The Hall–Kier alpha value is -1.85. The normalized spacial score (nSPS) is 18.3. The first kappa shape index (κ1) is 21.4. The van der Waals surface area contributed by atoms with Crippen LogP contribution in [0.1, 0.15) is 5.56 Å². The highest BCUT2D eigenvalue weighted by Crippen LogP contribution is 2.33. The summed E-state index contributed by atoms with van der Waals surface area (Å²) in [6.07, 6.45) is 0. The fourth-order valence-corrected chi connectivity index (χ4v) is 6.82. The number of aryl methyl sites for hydroxylation is 1. The highest BCUT2D eigenvalue weighted by molar-refractivity contribution is 7.89. The lowest BCUT2D eigenvalue weighted by Crippen LogP contribution is -2.50. The van der Waals surface area contributed by atoms with Gasteiger partial charge in [0.05, 0.1) is 9.79 Å². The quantitative estimate of drug-likeness (QED) is 0.676. The van der Waals surface area contributed by atoms with Crippen molar-refractivity contribution in [2.45, 2.75) is 16.7 Å². The van der Waals surface area contributed by atoms with Crippen LogP contribution in [0.25, 0.3) is 0 Å². The predicted octanol–water partition coefficient (Wildman–Crippen LogP) is 2.11. The average molecular weight is 473 g/mol. The Labute approximate surface area is 181 Å². The summed E-state index contributed by atoms with van der Waals surface area (Å²) in [7, 11) is -7.52. The molecule has 30 heavy (non-hydrogen) atoms. The van der Waals surface area contributed by atoms with Gasteiger partial charge in [-0.15, -0.1) is 0 Å². The molecule has 0 bridgehead atoms. The van der Waals surface area contributed by atoms with Crippen molar-refractivity contribution in [2.24, 2.45) is 0 Å². The molecule has 0 saturated carbocycles. The molecule has 0 aromatic heterocycles. The molecular formula is C19H21ClN2O6S2. The van der Waals surface area contributed by atoms with Gasteiger partial charge in [-0.25, -0.2) is 16.8 Å². The second-order valence-corrected chi connectivity index (χ2v) is 11.3. The van der Waals surface area contributed by atoms with Crippen molar-refractivity contribution >= 4 is 31.6 Å². The zero-order valence-corrected chi connectivity index (χ0v) is 18.6.